The number of amides is 1. The quantitative estimate of drug-likeness (QED) is 0.754. The van der Waals surface area contributed by atoms with Crippen LogP contribution in [-0.2, 0) is 0 Å². The number of anilines is 1. The zero-order valence-electron chi connectivity index (χ0n) is 13.0. The summed E-state index contributed by atoms with van der Waals surface area (Å²) in [7, 11) is 3.06. The van der Waals surface area contributed by atoms with Crippen molar-refractivity contribution in [3.8, 4) is 17.3 Å². The number of carbonyl (C=O) groups excluding carboxylic acids is 1. The summed E-state index contributed by atoms with van der Waals surface area (Å²) in [5, 5.41) is 14.5. The first-order valence-corrected chi connectivity index (χ1v) is 6.93. The monoisotopic (exact) mass is 326 g/mol. The van der Waals surface area contributed by atoms with Crippen LogP contribution in [0, 0.1) is 0 Å². The molecule has 2 aromatic heterocycles. The van der Waals surface area contributed by atoms with Crippen LogP contribution in [-0.4, -0.2) is 45.1 Å². The lowest BCUT2D eigenvalue weighted by Gasteiger charge is -2.11. The molecule has 9 heteroatoms. The Morgan fingerprint density at radius 3 is 2.62 bits per heavy atom. The Bertz CT molecular complexity index is 833. The van der Waals surface area contributed by atoms with Gasteiger partial charge < -0.3 is 14.8 Å². The first-order chi connectivity index (χ1) is 11.7. The minimum Gasteiger partial charge on any atom is -0.497 e. The maximum absolute atomic E-state index is 12.3. The van der Waals surface area contributed by atoms with Crippen molar-refractivity contribution in [2.75, 3.05) is 19.5 Å². The Balaban J connectivity index is 1.80. The van der Waals surface area contributed by atoms with Gasteiger partial charge in [0.15, 0.2) is 11.5 Å². The molecule has 0 fully saturated rings. The lowest BCUT2D eigenvalue weighted by molar-refractivity contribution is 0.102. The first-order valence-electron chi connectivity index (χ1n) is 6.93. The van der Waals surface area contributed by atoms with Crippen molar-refractivity contribution >= 4 is 11.6 Å². The van der Waals surface area contributed by atoms with Crippen molar-refractivity contribution in [2.24, 2.45) is 0 Å². The zero-order chi connectivity index (χ0) is 16.9. The van der Waals surface area contributed by atoms with Crippen LogP contribution in [0.15, 0.2) is 43.0 Å². The van der Waals surface area contributed by atoms with Gasteiger partial charge in [0.25, 0.3) is 5.91 Å². The molecule has 0 radical (unpaired) electrons. The number of rotatable bonds is 5. The summed E-state index contributed by atoms with van der Waals surface area (Å²) in [6.45, 7) is 0. The van der Waals surface area contributed by atoms with E-state index in [1.165, 1.54) is 24.4 Å². The van der Waals surface area contributed by atoms with Crippen LogP contribution in [0.1, 0.15) is 10.5 Å². The van der Waals surface area contributed by atoms with E-state index in [0.717, 1.165) is 0 Å². The Labute approximate surface area is 137 Å². The first kappa shape index (κ1) is 15.4. The van der Waals surface area contributed by atoms with E-state index in [0.29, 0.717) is 23.0 Å². The van der Waals surface area contributed by atoms with Gasteiger partial charge in [-0.2, -0.15) is 5.10 Å². The minimum absolute atomic E-state index is 0.156. The smallest absolute Gasteiger partial charge is 0.276 e. The second-order valence-electron chi connectivity index (χ2n) is 4.64. The van der Waals surface area contributed by atoms with E-state index in [9.17, 15) is 4.79 Å². The van der Waals surface area contributed by atoms with Gasteiger partial charge in [0.05, 0.1) is 19.9 Å². The molecule has 0 aliphatic heterocycles. The summed E-state index contributed by atoms with van der Waals surface area (Å²) >= 11 is 0. The van der Waals surface area contributed by atoms with Gasteiger partial charge in [0.2, 0.25) is 0 Å². The fourth-order valence-corrected chi connectivity index (χ4v) is 1.99. The second-order valence-corrected chi connectivity index (χ2v) is 4.64. The molecule has 0 saturated heterocycles. The average Bonchev–Trinajstić information content (AvgIpc) is 3.16. The number of methoxy groups -OCH3 is 2. The highest BCUT2D eigenvalue weighted by Crippen LogP contribution is 2.29. The third-order valence-electron chi connectivity index (χ3n) is 3.19. The highest BCUT2D eigenvalue weighted by Gasteiger charge is 2.13. The predicted molar refractivity (Wildman–Crippen MR) is 84.4 cm³/mol. The minimum atomic E-state index is -0.417. The zero-order valence-corrected chi connectivity index (χ0v) is 13.0. The molecule has 0 saturated carbocycles. The largest absolute Gasteiger partial charge is 0.497 e. The molecule has 9 nitrogen and oxygen atoms in total. The van der Waals surface area contributed by atoms with Crippen molar-refractivity contribution in [1.29, 1.82) is 0 Å². The van der Waals surface area contributed by atoms with E-state index in [4.69, 9.17) is 9.47 Å². The average molecular weight is 326 g/mol. The number of carbonyl (C=O) groups is 1. The van der Waals surface area contributed by atoms with Crippen LogP contribution in [0.2, 0.25) is 0 Å². The molecule has 1 N–H and O–H groups in total. The summed E-state index contributed by atoms with van der Waals surface area (Å²) in [6.07, 6.45) is 2.88. The molecule has 0 aliphatic rings. The third kappa shape index (κ3) is 3.14. The summed E-state index contributed by atoms with van der Waals surface area (Å²) in [6, 6.07) is 8.27. The predicted octanol–water partition coefficient (Wildman–Crippen LogP) is 1.33. The van der Waals surface area contributed by atoms with Crippen molar-refractivity contribution < 1.29 is 14.3 Å². The van der Waals surface area contributed by atoms with Crippen LogP contribution in [0.5, 0.6) is 11.5 Å². The fraction of sp³-hybridized carbons (Fsp3) is 0.133. The molecule has 122 valence electrons. The summed E-state index contributed by atoms with van der Waals surface area (Å²) in [5.41, 5.74) is 0.632. The van der Waals surface area contributed by atoms with E-state index in [-0.39, 0.29) is 5.69 Å². The number of ether oxygens (including phenoxy) is 2. The molecular formula is C15H14N6O3. The van der Waals surface area contributed by atoms with Gasteiger partial charge in [-0.25, -0.2) is 9.67 Å². The number of hydrogen-bond donors (Lipinski definition) is 1. The SMILES string of the molecule is COc1ccc(OC)c(NC(=O)c2ccc(-n3cncn3)nn2)c1. The van der Waals surface area contributed by atoms with E-state index < -0.39 is 5.91 Å². The molecule has 0 bridgehead atoms. The van der Waals surface area contributed by atoms with Crippen LogP contribution >= 0.6 is 0 Å². The molecule has 3 rings (SSSR count). The lowest BCUT2D eigenvalue weighted by Crippen LogP contribution is -2.15. The van der Waals surface area contributed by atoms with Crippen molar-refractivity contribution in [3.63, 3.8) is 0 Å². The van der Waals surface area contributed by atoms with E-state index in [2.05, 4.69) is 25.6 Å². The number of hydrogen-bond acceptors (Lipinski definition) is 7. The lowest BCUT2D eigenvalue weighted by atomic mass is 10.2. The van der Waals surface area contributed by atoms with Gasteiger partial charge >= 0.3 is 0 Å². The van der Waals surface area contributed by atoms with Crippen LogP contribution in [0.25, 0.3) is 5.82 Å². The van der Waals surface area contributed by atoms with Crippen LogP contribution in [0.3, 0.4) is 0 Å². The molecule has 3 aromatic rings. The van der Waals surface area contributed by atoms with Gasteiger partial charge in [0, 0.05) is 6.07 Å². The standard InChI is InChI=1S/C15H14N6O3/c1-23-10-3-5-13(24-2)12(7-10)18-15(22)11-4-6-14(20-19-11)21-9-16-8-17-21/h3-9H,1-2H3,(H,18,22). The Kier molecular flexibility index (Phi) is 4.32. The van der Waals surface area contributed by atoms with E-state index >= 15 is 0 Å². The molecular weight excluding hydrogens is 312 g/mol. The number of nitrogens with zero attached hydrogens (tertiary/aromatic N) is 5. The highest BCUT2D eigenvalue weighted by atomic mass is 16.5. The van der Waals surface area contributed by atoms with Crippen molar-refractivity contribution in [1.82, 2.24) is 25.0 Å². The number of nitrogens with one attached hydrogen (secondary N) is 1. The molecule has 2 heterocycles. The number of aromatic nitrogens is 5. The van der Waals surface area contributed by atoms with Gasteiger partial charge in [-0.1, -0.05) is 0 Å². The number of benzene rings is 1. The van der Waals surface area contributed by atoms with Gasteiger partial charge in [-0.05, 0) is 24.3 Å². The van der Waals surface area contributed by atoms with E-state index in [1.54, 1.807) is 37.4 Å². The van der Waals surface area contributed by atoms with Gasteiger partial charge in [0.1, 0.15) is 24.2 Å². The third-order valence-corrected chi connectivity index (χ3v) is 3.19. The Hall–Kier alpha value is -3.49. The Morgan fingerprint density at radius 2 is 2.00 bits per heavy atom. The van der Waals surface area contributed by atoms with Crippen molar-refractivity contribution in [2.45, 2.75) is 0 Å². The van der Waals surface area contributed by atoms with Crippen LogP contribution in [0.4, 0.5) is 5.69 Å². The van der Waals surface area contributed by atoms with E-state index in [1.807, 2.05) is 0 Å². The normalized spacial score (nSPS) is 10.2. The maximum atomic E-state index is 12.3. The molecule has 0 spiro atoms. The van der Waals surface area contributed by atoms with Crippen molar-refractivity contribution in [3.05, 3.63) is 48.7 Å². The molecule has 24 heavy (non-hydrogen) atoms. The molecule has 0 atom stereocenters. The molecule has 0 aliphatic carbocycles. The molecule has 0 unspecified atom stereocenters. The summed E-state index contributed by atoms with van der Waals surface area (Å²) in [4.78, 5) is 16.2. The summed E-state index contributed by atoms with van der Waals surface area (Å²) in [5.74, 6) is 1.15. The Morgan fingerprint density at radius 1 is 1.12 bits per heavy atom. The van der Waals surface area contributed by atoms with Gasteiger partial charge in [-0.3, -0.25) is 4.79 Å². The summed E-state index contributed by atoms with van der Waals surface area (Å²) < 4.78 is 11.8. The molecule has 1 amide bonds. The van der Waals surface area contributed by atoms with Crippen LogP contribution < -0.4 is 14.8 Å². The topological polar surface area (TPSA) is 104 Å². The molecule has 1 aromatic carbocycles. The van der Waals surface area contributed by atoms with Gasteiger partial charge in [-0.15, -0.1) is 10.2 Å². The fourth-order valence-electron chi connectivity index (χ4n) is 1.99. The second kappa shape index (κ2) is 6.73. The maximum Gasteiger partial charge on any atom is 0.276 e. The highest BCUT2D eigenvalue weighted by molar-refractivity contribution is 6.03.